The van der Waals surface area contributed by atoms with Crippen molar-refractivity contribution in [2.75, 3.05) is 7.11 Å². The molecule has 0 aliphatic carbocycles. The van der Waals surface area contributed by atoms with Gasteiger partial charge in [0.1, 0.15) is 23.6 Å². The normalized spacial score (nSPS) is 14.0. The molecule has 0 saturated heterocycles. The average Bonchev–Trinajstić information content (AvgIpc) is 2.97. The first-order chi connectivity index (χ1) is 20.3. The maximum absolute atomic E-state index is 15.5. The van der Waals surface area contributed by atoms with E-state index in [2.05, 4.69) is 5.32 Å². The van der Waals surface area contributed by atoms with Crippen molar-refractivity contribution >= 4 is 40.8 Å². The summed E-state index contributed by atoms with van der Waals surface area (Å²) < 4.78 is 53.2. The van der Waals surface area contributed by atoms with E-state index in [0.717, 1.165) is 0 Å². The maximum atomic E-state index is 15.5. The second kappa shape index (κ2) is 15.1. The van der Waals surface area contributed by atoms with Gasteiger partial charge in [0.2, 0.25) is 17.6 Å². The summed E-state index contributed by atoms with van der Waals surface area (Å²) in [7, 11) is 1.52. The first-order valence-electron chi connectivity index (χ1n) is 13.3. The average molecular weight is 639 g/mol. The highest BCUT2D eigenvalue weighted by molar-refractivity contribution is 6.30. The number of Topliss-reactive ketones (excluding diaryl/α,β-unsaturated/α-hetero) is 1. The van der Waals surface area contributed by atoms with Gasteiger partial charge >= 0.3 is 6.43 Å². The molecular weight excluding hydrogens is 608 g/mol. The maximum Gasteiger partial charge on any atom is 0.301 e. The lowest BCUT2D eigenvalue weighted by atomic mass is 9.95. The van der Waals surface area contributed by atoms with E-state index >= 15 is 4.39 Å². The molecule has 7 nitrogen and oxygen atoms in total. The van der Waals surface area contributed by atoms with Gasteiger partial charge in [-0.05, 0) is 59.7 Å². The van der Waals surface area contributed by atoms with Crippen LogP contribution in [0.15, 0.2) is 72.8 Å². The number of hydrogen-bond donors (Lipinski definition) is 2. The Kier molecular flexibility index (Phi) is 11.9. The molecule has 3 rings (SSSR count). The molecule has 2 N–H and O–H groups in total. The number of ether oxygens (including phenoxy) is 2. The standard InChI is InChI=1S/C31H31Cl2F3N2O5/c1-18(2)31(36,28(40)29(34)35)38-30(41)25(16-19-4-8-21(32)9-5-19)37-27(39)17-26(20-6-10-22(33)11-7-20)43-24-14-12-23(42-3)13-15-24/h4-15,18,25-26,29H,16-17H2,1-3H3,(H,37,39)(H,38,41)/t25-,26?,31+/m0/s1. The molecule has 0 heterocycles. The number of benzene rings is 3. The molecule has 0 fully saturated rings. The number of methoxy groups -OCH3 is 1. The second-order valence-electron chi connectivity index (χ2n) is 10.0. The van der Waals surface area contributed by atoms with Gasteiger partial charge in [0, 0.05) is 22.4 Å². The lowest BCUT2D eigenvalue weighted by Gasteiger charge is -2.31. The van der Waals surface area contributed by atoms with E-state index < -0.39 is 47.9 Å². The Bertz CT molecular complexity index is 1390. The number of nitrogens with one attached hydrogen (secondary N) is 2. The summed E-state index contributed by atoms with van der Waals surface area (Å²) in [6.07, 6.45) is -4.95. The zero-order valence-electron chi connectivity index (χ0n) is 23.6. The summed E-state index contributed by atoms with van der Waals surface area (Å²) in [6.45, 7) is 2.36. The summed E-state index contributed by atoms with van der Waals surface area (Å²) in [5.74, 6) is -7.57. The lowest BCUT2D eigenvalue weighted by Crippen LogP contribution is -2.61. The molecule has 3 atom stereocenters. The van der Waals surface area contributed by atoms with Crippen molar-refractivity contribution in [2.45, 2.75) is 51.1 Å². The fourth-order valence-electron chi connectivity index (χ4n) is 4.13. The van der Waals surface area contributed by atoms with Crippen LogP contribution in [0.4, 0.5) is 13.2 Å². The van der Waals surface area contributed by atoms with Crippen LogP contribution < -0.4 is 20.1 Å². The number of amides is 2. The van der Waals surface area contributed by atoms with Crippen LogP contribution in [0.3, 0.4) is 0 Å². The number of halogens is 5. The Labute approximate surface area is 257 Å². The predicted octanol–water partition coefficient (Wildman–Crippen LogP) is 6.51. The highest BCUT2D eigenvalue weighted by Crippen LogP contribution is 2.28. The molecule has 3 aromatic rings. The number of rotatable bonds is 14. The summed E-state index contributed by atoms with van der Waals surface area (Å²) in [5.41, 5.74) is 1.13. The largest absolute Gasteiger partial charge is 0.497 e. The van der Waals surface area contributed by atoms with Crippen molar-refractivity contribution in [3.63, 3.8) is 0 Å². The van der Waals surface area contributed by atoms with E-state index in [1.54, 1.807) is 72.8 Å². The Balaban J connectivity index is 1.88. The van der Waals surface area contributed by atoms with Gasteiger partial charge in [-0.1, -0.05) is 61.3 Å². The van der Waals surface area contributed by atoms with Gasteiger partial charge < -0.3 is 20.1 Å². The van der Waals surface area contributed by atoms with Crippen LogP contribution >= 0.6 is 23.2 Å². The highest BCUT2D eigenvalue weighted by Gasteiger charge is 2.48. The highest BCUT2D eigenvalue weighted by atomic mass is 35.5. The monoisotopic (exact) mass is 638 g/mol. The van der Waals surface area contributed by atoms with Crippen molar-refractivity contribution in [2.24, 2.45) is 5.92 Å². The topological polar surface area (TPSA) is 93.7 Å². The van der Waals surface area contributed by atoms with Gasteiger partial charge in [-0.3, -0.25) is 14.4 Å². The molecule has 230 valence electrons. The van der Waals surface area contributed by atoms with Gasteiger partial charge in [0.25, 0.3) is 5.78 Å². The zero-order valence-corrected chi connectivity index (χ0v) is 25.1. The summed E-state index contributed by atoms with van der Waals surface area (Å²) in [5, 5.41) is 5.25. The molecule has 3 aromatic carbocycles. The van der Waals surface area contributed by atoms with Crippen molar-refractivity contribution in [3.05, 3.63) is 94.0 Å². The van der Waals surface area contributed by atoms with Crippen LogP contribution in [0.1, 0.15) is 37.5 Å². The first-order valence-corrected chi connectivity index (χ1v) is 14.0. The summed E-state index contributed by atoms with van der Waals surface area (Å²) >= 11 is 12.0. The number of alkyl halides is 3. The Hall–Kier alpha value is -3.76. The van der Waals surface area contributed by atoms with Crippen LogP contribution in [-0.2, 0) is 20.8 Å². The number of carbonyl (C=O) groups is 3. The molecule has 0 spiro atoms. The summed E-state index contributed by atoms with van der Waals surface area (Å²) in [4.78, 5) is 38.7. The van der Waals surface area contributed by atoms with Crippen LogP contribution in [0.2, 0.25) is 10.0 Å². The molecule has 2 amide bonds. The van der Waals surface area contributed by atoms with Crippen molar-refractivity contribution in [1.29, 1.82) is 0 Å². The molecule has 0 aliphatic heterocycles. The zero-order chi connectivity index (χ0) is 31.7. The number of ketones is 1. The SMILES string of the molecule is COc1ccc(OC(CC(=O)N[C@@H](Cc2ccc(Cl)cc2)C(=O)N[C@@](F)(C(=O)C(F)F)C(C)C)c2ccc(Cl)cc2)cc1. The van der Waals surface area contributed by atoms with Crippen LogP contribution in [0.5, 0.6) is 11.5 Å². The molecule has 0 aliphatic rings. The molecule has 0 aromatic heterocycles. The van der Waals surface area contributed by atoms with Crippen LogP contribution in [0, 0.1) is 5.92 Å². The van der Waals surface area contributed by atoms with Gasteiger partial charge in [-0.2, -0.15) is 0 Å². The Morgan fingerprint density at radius 3 is 1.91 bits per heavy atom. The molecular formula is C31H31Cl2F3N2O5. The Morgan fingerprint density at radius 2 is 1.40 bits per heavy atom. The minimum absolute atomic E-state index is 0.156. The van der Waals surface area contributed by atoms with Crippen LogP contribution in [0.25, 0.3) is 0 Å². The molecule has 1 unspecified atom stereocenters. The van der Waals surface area contributed by atoms with Gasteiger partial charge in [0.15, 0.2) is 0 Å². The predicted molar refractivity (Wildman–Crippen MR) is 157 cm³/mol. The third kappa shape index (κ3) is 9.36. The van der Waals surface area contributed by atoms with E-state index in [1.165, 1.54) is 21.0 Å². The van der Waals surface area contributed by atoms with Crippen molar-refractivity contribution < 1.29 is 37.0 Å². The number of carbonyl (C=O) groups excluding carboxylic acids is 3. The minimum Gasteiger partial charge on any atom is -0.497 e. The third-order valence-corrected chi connectivity index (χ3v) is 7.12. The van der Waals surface area contributed by atoms with E-state index in [9.17, 15) is 23.2 Å². The van der Waals surface area contributed by atoms with E-state index in [1.807, 2.05) is 5.32 Å². The third-order valence-electron chi connectivity index (χ3n) is 6.61. The fourth-order valence-corrected chi connectivity index (χ4v) is 4.38. The van der Waals surface area contributed by atoms with E-state index in [0.29, 0.717) is 32.7 Å². The molecule has 43 heavy (non-hydrogen) atoms. The van der Waals surface area contributed by atoms with E-state index in [-0.39, 0.29) is 12.8 Å². The van der Waals surface area contributed by atoms with Gasteiger partial charge in [-0.25, -0.2) is 13.2 Å². The van der Waals surface area contributed by atoms with Gasteiger partial charge in [-0.15, -0.1) is 0 Å². The number of hydrogen-bond acceptors (Lipinski definition) is 5. The minimum atomic E-state index is -3.66. The molecule has 0 bridgehead atoms. The van der Waals surface area contributed by atoms with Gasteiger partial charge in [0.05, 0.1) is 13.5 Å². The smallest absolute Gasteiger partial charge is 0.301 e. The summed E-state index contributed by atoms with van der Waals surface area (Å²) in [6, 6.07) is 18.1. The molecule has 0 saturated carbocycles. The van der Waals surface area contributed by atoms with Crippen LogP contribution in [-0.4, -0.2) is 43.0 Å². The fraction of sp³-hybridized carbons (Fsp3) is 0.323. The van der Waals surface area contributed by atoms with Crippen molar-refractivity contribution in [1.82, 2.24) is 10.6 Å². The molecule has 0 radical (unpaired) electrons. The molecule has 12 heteroatoms. The van der Waals surface area contributed by atoms with Crippen molar-refractivity contribution in [3.8, 4) is 11.5 Å². The quantitative estimate of drug-likeness (QED) is 0.196. The van der Waals surface area contributed by atoms with E-state index in [4.69, 9.17) is 32.7 Å². The second-order valence-corrected chi connectivity index (χ2v) is 10.9. The first kappa shape index (κ1) is 33.7. The Morgan fingerprint density at radius 1 is 0.860 bits per heavy atom. The lowest BCUT2D eigenvalue weighted by molar-refractivity contribution is -0.152.